The molecule has 0 radical (unpaired) electrons. The first kappa shape index (κ1) is 20.7. The normalized spacial score (nSPS) is 18.9. The van der Waals surface area contributed by atoms with Gasteiger partial charge in [0.1, 0.15) is 10.8 Å². The number of para-hydroxylation sites is 1. The Balaban J connectivity index is 1.61. The van der Waals surface area contributed by atoms with Gasteiger partial charge in [-0.3, -0.25) is 4.79 Å². The van der Waals surface area contributed by atoms with E-state index in [0.29, 0.717) is 18.1 Å². The number of pyridine rings is 1. The molecule has 1 saturated carbocycles. The van der Waals surface area contributed by atoms with Crippen molar-refractivity contribution in [3.8, 4) is 5.75 Å². The Morgan fingerprint density at radius 2 is 1.90 bits per heavy atom. The summed E-state index contributed by atoms with van der Waals surface area (Å²) in [6.45, 7) is 4.86. The molecule has 0 saturated heterocycles. The standard InChI is InChI=1S/C25H28N2O2S/c1-3-29-18-12-14-19(15-13-18)30-24-16-21(20-9-5-7-11-23(20)26-24)25(28)27-22-10-6-4-8-17(22)2/h5,7,9,11-17,22H,3-4,6,8,10H2,1-2H3,(H,27,28)/t17-,22-/m1/s1. The van der Waals surface area contributed by atoms with Gasteiger partial charge in [0.05, 0.1) is 17.7 Å². The van der Waals surface area contributed by atoms with Gasteiger partial charge < -0.3 is 10.1 Å². The van der Waals surface area contributed by atoms with Crippen LogP contribution in [0.4, 0.5) is 0 Å². The summed E-state index contributed by atoms with van der Waals surface area (Å²) in [6.07, 6.45) is 4.68. The van der Waals surface area contributed by atoms with Gasteiger partial charge in [0, 0.05) is 16.3 Å². The molecule has 0 unspecified atom stereocenters. The number of nitrogens with zero attached hydrogens (tertiary/aromatic N) is 1. The lowest BCUT2D eigenvalue weighted by molar-refractivity contribution is 0.0911. The van der Waals surface area contributed by atoms with E-state index in [4.69, 9.17) is 9.72 Å². The molecule has 4 nitrogen and oxygen atoms in total. The third-order valence-electron chi connectivity index (χ3n) is 5.72. The average Bonchev–Trinajstić information content (AvgIpc) is 2.76. The van der Waals surface area contributed by atoms with E-state index >= 15 is 0 Å². The lowest BCUT2D eigenvalue weighted by Crippen LogP contribution is -2.41. The predicted molar refractivity (Wildman–Crippen MR) is 122 cm³/mol. The minimum absolute atomic E-state index is 0.000828. The van der Waals surface area contributed by atoms with Gasteiger partial charge in [-0.15, -0.1) is 0 Å². The number of ether oxygens (including phenoxy) is 1. The van der Waals surface area contributed by atoms with Crippen LogP contribution in [0.25, 0.3) is 10.9 Å². The van der Waals surface area contributed by atoms with Crippen molar-refractivity contribution in [2.45, 2.75) is 55.5 Å². The molecule has 156 valence electrons. The van der Waals surface area contributed by atoms with Crippen LogP contribution in [0.5, 0.6) is 5.75 Å². The van der Waals surface area contributed by atoms with Crippen molar-refractivity contribution < 1.29 is 9.53 Å². The largest absolute Gasteiger partial charge is 0.494 e. The highest BCUT2D eigenvalue weighted by Gasteiger charge is 2.24. The Morgan fingerprint density at radius 1 is 1.13 bits per heavy atom. The van der Waals surface area contributed by atoms with E-state index in [0.717, 1.165) is 33.0 Å². The molecule has 3 aromatic rings. The quantitative estimate of drug-likeness (QED) is 0.524. The summed E-state index contributed by atoms with van der Waals surface area (Å²) >= 11 is 1.56. The number of carbonyl (C=O) groups is 1. The molecule has 2 atom stereocenters. The highest BCUT2D eigenvalue weighted by atomic mass is 32.2. The second-order valence-electron chi connectivity index (χ2n) is 7.87. The number of amides is 1. The van der Waals surface area contributed by atoms with Crippen molar-refractivity contribution in [2.24, 2.45) is 5.92 Å². The molecule has 1 aliphatic carbocycles. The fourth-order valence-electron chi connectivity index (χ4n) is 4.06. The molecular formula is C25H28N2O2S. The summed E-state index contributed by atoms with van der Waals surface area (Å²) in [4.78, 5) is 19.1. The van der Waals surface area contributed by atoms with E-state index in [1.165, 1.54) is 19.3 Å². The minimum Gasteiger partial charge on any atom is -0.494 e. The molecule has 30 heavy (non-hydrogen) atoms. The van der Waals surface area contributed by atoms with Crippen LogP contribution in [-0.2, 0) is 0 Å². The van der Waals surface area contributed by atoms with Gasteiger partial charge in [-0.05, 0) is 62.1 Å². The van der Waals surface area contributed by atoms with E-state index in [2.05, 4.69) is 12.2 Å². The molecule has 1 aromatic heterocycles. The predicted octanol–water partition coefficient (Wildman–Crippen LogP) is 6.09. The topological polar surface area (TPSA) is 51.2 Å². The van der Waals surface area contributed by atoms with Crippen LogP contribution < -0.4 is 10.1 Å². The smallest absolute Gasteiger partial charge is 0.252 e. The first-order chi connectivity index (χ1) is 14.6. The van der Waals surface area contributed by atoms with Gasteiger partial charge in [0.25, 0.3) is 5.91 Å². The molecule has 1 heterocycles. The Morgan fingerprint density at radius 3 is 2.67 bits per heavy atom. The average molecular weight is 421 g/mol. The molecule has 5 heteroatoms. The molecule has 0 aliphatic heterocycles. The molecule has 1 amide bonds. The maximum Gasteiger partial charge on any atom is 0.252 e. The first-order valence-electron chi connectivity index (χ1n) is 10.8. The van der Waals surface area contributed by atoms with Crippen LogP contribution >= 0.6 is 11.8 Å². The zero-order valence-corrected chi connectivity index (χ0v) is 18.4. The molecule has 4 rings (SSSR count). The zero-order valence-electron chi connectivity index (χ0n) is 17.6. The van der Waals surface area contributed by atoms with Crippen LogP contribution in [0.2, 0.25) is 0 Å². The van der Waals surface area contributed by atoms with Gasteiger partial charge >= 0.3 is 0 Å². The van der Waals surface area contributed by atoms with Crippen LogP contribution in [0.3, 0.4) is 0 Å². The van der Waals surface area contributed by atoms with E-state index in [1.807, 2.05) is 61.5 Å². The van der Waals surface area contributed by atoms with Crippen molar-refractivity contribution in [1.29, 1.82) is 0 Å². The summed E-state index contributed by atoms with van der Waals surface area (Å²) < 4.78 is 5.52. The van der Waals surface area contributed by atoms with E-state index < -0.39 is 0 Å². The van der Waals surface area contributed by atoms with Gasteiger partial charge in [-0.25, -0.2) is 4.98 Å². The van der Waals surface area contributed by atoms with Crippen LogP contribution in [-0.4, -0.2) is 23.5 Å². The van der Waals surface area contributed by atoms with Crippen LogP contribution in [0.15, 0.2) is 64.5 Å². The second kappa shape index (κ2) is 9.52. The highest BCUT2D eigenvalue weighted by molar-refractivity contribution is 7.99. The van der Waals surface area contributed by atoms with Crippen molar-refractivity contribution in [3.05, 3.63) is 60.2 Å². The number of hydrogen-bond donors (Lipinski definition) is 1. The fourth-order valence-corrected chi connectivity index (χ4v) is 4.89. The van der Waals surface area contributed by atoms with Crippen LogP contribution in [0.1, 0.15) is 49.9 Å². The zero-order chi connectivity index (χ0) is 20.9. The third kappa shape index (κ3) is 4.78. The number of benzene rings is 2. The second-order valence-corrected chi connectivity index (χ2v) is 8.97. The molecule has 1 fully saturated rings. The SMILES string of the molecule is CCOc1ccc(Sc2cc(C(=O)N[C@@H]3CCCC[C@H]3C)c3ccccc3n2)cc1. The number of nitrogens with one attached hydrogen (secondary N) is 1. The van der Waals surface area contributed by atoms with Crippen molar-refractivity contribution >= 4 is 28.6 Å². The minimum atomic E-state index is 0.000828. The Bertz CT molecular complexity index is 1020. The maximum absolute atomic E-state index is 13.2. The van der Waals surface area contributed by atoms with Gasteiger partial charge in [0.15, 0.2) is 0 Å². The number of hydrogen-bond acceptors (Lipinski definition) is 4. The number of rotatable bonds is 6. The Labute approximate surface area is 182 Å². The molecule has 2 aromatic carbocycles. The Kier molecular flexibility index (Phi) is 6.58. The summed E-state index contributed by atoms with van der Waals surface area (Å²) in [5.41, 5.74) is 1.54. The van der Waals surface area contributed by atoms with Crippen molar-refractivity contribution in [3.63, 3.8) is 0 Å². The third-order valence-corrected chi connectivity index (χ3v) is 6.65. The number of carbonyl (C=O) groups excluding carboxylic acids is 1. The number of fused-ring (bicyclic) bond motifs is 1. The fraction of sp³-hybridized carbons (Fsp3) is 0.360. The lowest BCUT2D eigenvalue weighted by Gasteiger charge is -2.29. The monoisotopic (exact) mass is 420 g/mol. The van der Waals surface area contributed by atoms with Crippen molar-refractivity contribution in [2.75, 3.05) is 6.61 Å². The molecule has 1 N–H and O–H groups in total. The molecule has 0 bridgehead atoms. The van der Waals surface area contributed by atoms with E-state index in [1.54, 1.807) is 11.8 Å². The summed E-state index contributed by atoms with van der Waals surface area (Å²) in [5.74, 6) is 1.38. The Hall–Kier alpha value is -2.53. The lowest BCUT2D eigenvalue weighted by atomic mass is 9.86. The maximum atomic E-state index is 13.2. The highest BCUT2D eigenvalue weighted by Crippen LogP contribution is 2.31. The summed E-state index contributed by atoms with van der Waals surface area (Å²) in [5, 5.41) is 5.01. The van der Waals surface area contributed by atoms with Crippen molar-refractivity contribution in [1.82, 2.24) is 10.3 Å². The van der Waals surface area contributed by atoms with Crippen LogP contribution in [0, 0.1) is 5.92 Å². The summed E-state index contributed by atoms with van der Waals surface area (Å²) in [7, 11) is 0. The molecule has 1 aliphatic rings. The first-order valence-corrected chi connectivity index (χ1v) is 11.6. The summed E-state index contributed by atoms with van der Waals surface area (Å²) in [6, 6.07) is 18.0. The molecule has 0 spiro atoms. The van der Waals surface area contributed by atoms with Gasteiger partial charge in [-0.1, -0.05) is 49.7 Å². The van der Waals surface area contributed by atoms with Gasteiger partial charge in [0.2, 0.25) is 0 Å². The number of aromatic nitrogens is 1. The van der Waals surface area contributed by atoms with Gasteiger partial charge in [-0.2, -0.15) is 0 Å². The van der Waals surface area contributed by atoms with E-state index in [-0.39, 0.29) is 11.9 Å². The molecular weight excluding hydrogens is 392 g/mol. The van der Waals surface area contributed by atoms with E-state index in [9.17, 15) is 4.79 Å².